The van der Waals surface area contributed by atoms with E-state index in [1.165, 1.54) is 12.3 Å². The van der Waals surface area contributed by atoms with Crippen LogP contribution in [-0.2, 0) is 11.3 Å². The van der Waals surface area contributed by atoms with Crippen molar-refractivity contribution in [1.29, 1.82) is 0 Å². The number of aromatic nitrogens is 3. The molecule has 0 aliphatic carbocycles. The van der Waals surface area contributed by atoms with Crippen LogP contribution in [0.4, 0.5) is 0 Å². The van der Waals surface area contributed by atoms with Crippen LogP contribution in [0.15, 0.2) is 65.6 Å². The number of aliphatic hydroxyl groups is 1. The van der Waals surface area contributed by atoms with E-state index in [9.17, 15) is 19.8 Å². The van der Waals surface area contributed by atoms with Crippen LogP contribution in [0.1, 0.15) is 12.8 Å². The highest BCUT2D eigenvalue weighted by Gasteiger charge is 2.36. The van der Waals surface area contributed by atoms with Crippen LogP contribution >= 0.6 is 11.6 Å². The minimum atomic E-state index is -2.10. The van der Waals surface area contributed by atoms with Gasteiger partial charge in [0, 0.05) is 17.6 Å². The summed E-state index contributed by atoms with van der Waals surface area (Å²) >= 11 is 5.90. The Balaban J connectivity index is 1.59. The molecular formula is C21H20ClN3O5. The molecule has 0 radical (unpaired) electrons. The van der Waals surface area contributed by atoms with Crippen molar-refractivity contribution in [3.8, 4) is 16.9 Å². The quantitative estimate of drug-likeness (QED) is 0.537. The number of carboxylic acid groups (broad SMARTS) is 1. The number of benzene rings is 2. The van der Waals surface area contributed by atoms with Crippen molar-refractivity contribution in [3.63, 3.8) is 0 Å². The third-order valence-corrected chi connectivity index (χ3v) is 4.82. The van der Waals surface area contributed by atoms with Crippen molar-refractivity contribution in [2.24, 2.45) is 0 Å². The van der Waals surface area contributed by atoms with Crippen LogP contribution in [0, 0.1) is 0 Å². The first-order valence-electron chi connectivity index (χ1n) is 9.21. The lowest BCUT2D eigenvalue weighted by Gasteiger charge is -2.23. The first-order valence-corrected chi connectivity index (χ1v) is 9.59. The SMILES string of the molecule is O=C(O)C(O)(CCCn1nnccc1=O)COc1ccc(-c2ccc(Cl)cc2)cc1. The van der Waals surface area contributed by atoms with Crippen molar-refractivity contribution >= 4 is 17.6 Å². The fourth-order valence-electron chi connectivity index (χ4n) is 2.83. The van der Waals surface area contributed by atoms with Crippen LogP contribution in [0.3, 0.4) is 0 Å². The highest BCUT2D eigenvalue weighted by Crippen LogP contribution is 2.25. The Labute approximate surface area is 177 Å². The molecule has 2 N–H and O–H groups in total. The number of carbonyl (C=O) groups is 1. The van der Waals surface area contributed by atoms with E-state index in [4.69, 9.17) is 16.3 Å². The van der Waals surface area contributed by atoms with Gasteiger partial charge < -0.3 is 14.9 Å². The molecule has 0 bridgehead atoms. The monoisotopic (exact) mass is 429 g/mol. The lowest BCUT2D eigenvalue weighted by molar-refractivity contribution is -0.162. The van der Waals surface area contributed by atoms with E-state index >= 15 is 0 Å². The van der Waals surface area contributed by atoms with Gasteiger partial charge in [-0.15, -0.1) is 5.10 Å². The number of rotatable bonds is 9. The van der Waals surface area contributed by atoms with Gasteiger partial charge in [0.2, 0.25) is 0 Å². The van der Waals surface area contributed by atoms with Gasteiger partial charge in [-0.05, 0) is 48.2 Å². The number of ether oxygens (including phenoxy) is 1. The Kier molecular flexibility index (Phi) is 6.81. The summed E-state index contributed by atoms with van der Waals surface area (Å²) in [5.41, 5.74) is -0.518. The van der Waals surface area contributed by atoms with E-state index in [0.29, 0.717) is 10.8 Å². The molecule has 1 heterocycles. The predicted molar refractivity (Wildman–Crippen MR) is 110 cm³/mol. The summed E-state index contributed by atoms with van der Waals surface area (Å²) in [7, 11) is 0. The van der Waals surface area contributed by atoms with Gasteiger partial charge in [0.25, 0.3) is 5.56 Å². The summed E-state index contributed by atoms with van der Waals surface area (Å²) in [4.78, 5) is 23.2. The smallest absolute Gasteiger partial charge is 0.339 e. The Bertz CT molecular complexity index is 1050. The molecule has 9 heteroatoms. The fourth-order valence-corrected chi connectivity index (χ4v) is 2.95. The highest BCUT2D eigenvalue weighted by molar-refractivity contribution is 6.30. The first kappa shape index (κ1) is 21.5. The maximum Gasteiger partial charge on any atom is 0.339 e. The van der Waals surface area contributed by atoms with Crippen molar-refractivity contribution in [1.82, 2.24) is 15.0 Å². The average Bonchev–Trinajstić information content (AvgIpc) is 2.74. The summed E-state index contributed by atoms with van der Waals surface area (Å²) in [6.45, 7) is -0.296. The van der Waals surface area contributed by atoms with E-state index in [-0.39, 0.29) is 24.9 Å². The molecule has 0 saturated heterocycles. The minimum Gasteiger partial charge on any atom is -0.490 e. The van der Waals surface area contributed by atoms with Crippen LogP contribution in [0.5, 0.6) is 5.75 Å². The summed E-state index contributed by atoms with van der Waals surface area (Å²) in [5, 5.41) is 27.9. The molecule has 0 saturated carbocycles. The number of nitrogens with zero attached hydrogens (tertiary/aromatic N) is 3. The van der Waals surface area contributed by atoms with Gasteiger partial charge in [-0.1, -0.05) is 41.1 Å². The zero-order valence-electron chi connectivity index (χ0n) is 15.9. The van der Waals surface area contributed by atoms with Crippen LogP contribution in [0.2, 0.25) is 5.02 Å². The molecule has 0 spiro atoms. The molecule has 1 aromatic heterocycles. The molecule has 0 aliphatic heterocycles. The Morgan fingerprint density at radius 2 is 1.70 bits per heavy atom. The highest BCUT2D eigenvalue weighted by atomic mass is 35.5. The van der Waals surface area contributed by atoms with Crippen LogP contribution < -0.4 is 10.3 Å². The lowest BCUT2D eigenvalue weighted by Crippen LogP contribution is -2.44. The van der Waals surface area contributed by atoms with Crippen LogP contribution in [-0.4, -0.2) is 43.4 Å². The second-order valence-corrected chi connectivity index (χ2v) is 7.18. The molecular weight excluding hydrogens is 410 g/mol. The zero-order valence-corrected chi connectivity index (χ0v) is 16.7. The number of aliphatic carboxylic acids is 1. The van der Waals surface area contributed by atoms with Gasteiger partial charge in [0.05, 0.1) is 6.20 Å². The third kappa shape index (κ3) is 5.43. The van der Waals surface area contributed by atoms with E-state index in [0.717, 1.165) is 15.8 Å². The first-order chi connectivity index (χ1) is 14.4. The largest absolute Gasteiger partial charge is 0.490 e. The van der Waals surface area contributed by atoms with Crippen LogP contribution in [0.25, 0.3) is 11.1 Å². The number of halogens is 1. The van der Waals surface area contributed by atoms with E-state index in [2.05, 4.69) is 10.3 Å². The third-order valence-electron chi connectivity index (χ3n) is 4.57. The van der Waals surface area contributed by atoms with Gasteiger partial charge in [-0.25, -0.2) is 9.48 Å². The van der Waals surface area contributed by atoms with Gasteiger partial charge in [0.15, 0.2) is 5.60 Å². The van der Waals surface area contributed by atoms with E-state index in [1.807, 2.05) is 24.3 Å². The predicted octanol–water partition coefficient (Wildman–Crippen LogP) is 2.63. The second kappa shape index (κ2) is 9.51. The maximum absolute atomic E-state index is 11.6. The summed E-state index contributed by atoms with van der Waals surface area (Å²) < 4.78 is 6.63. The number of carboxylic acids is 1. The standard InChI is InChI=1S/C21H20ClN3O5/c22-17-6-2-15(3-7-17)16-4-8-18(9-5-16)30-14-21(29,20(27)28)11-1-13-25-19(26)10-12-23-24-25/h2-10,12,29H,1,11,13-14H2,(H,27,28). The Hall–Kier alpha value is -3.23. The van der Waals surface area contributed by atoms with Gasteiger partial charge in [0.1, 0.15) is 12.4 Å². The summed E-state index contributed by atoms with van der Waals surface area (Å²) in [6, 6.07) is 15.7. The van der Waals surface area contributed by atoms with Crippen molar-refractivity contribution in [2.45, 2.75) is 25.0 Å². The van der Waals surface area contributed by atoms with Gasteiger partial charge >= 0.3 is 5.97 Å². The average molecular weight is 430 g/mol. The van der Waals surface area contributed by atoms with Crippen molar-refractivity contribution in [3.05, 3.63) is 76.2 Å². The maximum atomic E-state index is 11.6. The molecule has 30 heavy (non-hydrogen) atoms. The zero-order chi connectivity index (χ0) is 21.6. The fraction of sp³-hybridized carbons (Fsp3) is 0.238. The number of hydrogen-bond acceptors (Lipinski definition) is 6. The molecule has 0 amide bonds. The Morgan fingerprint density at radius 1 is 1.07 bits per heavy atom. The topological polar surface area (TPSA) is 115 Å². The molecule has 8 nitrogen and oxygen atoms in total. The van der Waals surface area contributed by atoms with Crippen molar-refractivity contribution < 1.29 is 19.7 Å². The van der Waals surface area contributed by atoms with Gasteiger partial charge in [-0.2, -0.15) is 0 Å². The minimum absolute atomic E-state index is 0.117. The number of hydrogen-bond donors (Lipinski definition) is 2. The molecule has 3 rings (SSSR count). The lowest BCUT2D eigenvalue weighted by atomic mass is 9.99. The molecule has 1 atom stereocenters. The molecule has 1 unspecified atom stereocenters. The molecule has 0 fully saturated rings. The van der Waals surface area contributed by atoms with E-state index < -0.39 is 18.2 Å². The Morgan fingerprint density at radius 3 is 2.30 bits per heavy atom. The van der Waals surface area contributed by atoms with Crippen molar-refractivity contribution in [2.75, 3.05) is 6.61 Å². The number of aryl methyl sites for hydroxylation is 1. The van der Waals surface area contributed by atoms with Gasteiger partial charge in [-0.3, -0.25) is 4.79 Å². The molecule has 2 aromatic carbocycles. The second-order valence-electron chi connectivity index (χ2n) is 6.74. The molecule has 0 aliphatic rings. The van der Waals surface area contributed by atoms with E-state index in [1.54, 1.807) is 24.3 Å². The molecule has 156 valence electrons. The molecule has 3 aromatic rings. The summed E-state index contributed by atoms with van der Waals surface area (Å²) in [5.74, 6) is -0.968. The summed E-state index contributed by atoms with van der Waals surface area (Å²) in [6.07, 6.45) is 1.37. The normalized spacial score (nSPS) is 12.9.